The van der Waals surface area contributed by atoms with E-state index in [0.29, 0.717) is 36.4 Å². The average Bonchev–Trinajstić information content (AvgIpc) is 2.81. The van der Waals surface area contributed by atoms with E-state index in [4.69, 9.17) is 4.74 Å². The highest BCUT2D eigenvalue weighted by atomic mass is 16.6. The number of benzene rings is 2. The number of carbonyl (C=O) groups is 3. The Balaban J connectivity index is 1.63. The highest BCUT2D eigenvalue weighted by molar-refractivity contribution is 6.34. The van der Waals surface area contributed by atoms with Gasteiger partial charge in [0.15, 0.2) is 0 Å². The molecule has 1 N–H and O–H groups in total. The molecule has 150 valence electrons. The SMILES string of the molecule is CC(C)(C)OC(=O)N1CCNc2ccc(N3C(=O)c4ccccc4C3=O)cc2C1. The minimum Gasteiger partial charge on any atom is -0.444 e. The summed E-state index contributed by atoms with van der Waals surface area (Å²) in [6, 6.07) is 12.2. The van der Waals surface area contributed by atoms with Gasteiger partial charge in [-0.1, -0.05) is 12.1 Å². The molecule has 4 rings (SSSR count). The lowest BCUT2D eigenvalue weighted by Crippen LogP contribution is -2.37. The second-order valence-electron chi connectivity index (χ2n) is 8.16. The maximum absolute atomic E-state index is 12.8. The standard InChI is InChI=1S/C22H23N3O4/c1-22(2,3)29-21(28)24-11-10-23-18-9-8-15(12-14(18)13-24)25-19(26)16-6-4-5-7-17(16)20(25)27/h4-9,12,23H,10-11,13H2,1-3H3. The molecule has 0 saturated carbocycles. The van der Waals surface area contributed by atoms with Gasteiger partial charge in [-0.2, -0.15) is 0 Å². The topological polar surface area (TPSA) is 79.0 Å². The number of hydrogen-bond acceptors (Lipinski definition) is 5. The van der Waals surface area contributed by atoms with Crippen molar-refractivity contribution in [3.63, 3.8) is 0 Å². The van der Waals surface area contributed by atoms with Crippen molar-refractivity contribution in [3.05, 3.63) is 59.2 Å². The van der Waals surface area contributed by atoms with Crippen LogP contribution in [0.3, 0.4) is 0 Å². The van der Waals surface area contributed by atoms with Crippen LogP contribution in [0.2, 0.25) is 0 Å². The van der Waals surface area contributed by atoms with E-state index >= 15 is 0 Å². The lowest BCUT2D eigenvalue weighted by atomic mass is 10.1. The van der Waals surface area contributed by atoms with Crippen molar-refractivity contribution in [1.29, 1.82) is 0 Å². The molecule has 0 atom stereocenters. The molecule has 2 heterocycles. The molecule has 0 unspecified atom stereocenters. The van der Waals surface area contributed by atoms with E-state index in [0.717, 1.165) is 11.3 Å². The maximum atomic E-state index is 12.8. The van der Waals surface area contributed by atoms with Crippen molar-refractivity contribution in [1.82, 2.24) is 4.90 Å². The minimum atomic E-state index is -0.582. The Bertz CT molecular complexity index is 974. The Morgan fingerprint density at radius 2 is 1.69 bits per heavy atom. The number of nitrogens with zero attached hydrogens (tertiary/aromatic N) is 2. The van der Waals surface area contributed by atoms with Crippen LogP contribution in [0.15, 0.2) is 42.5 Å². The number of hydrogen-bond donors (Lipinski definition) is 1. The minimum absolute atomic E-state index is 0.328. The highest BCUT2D eigenvalue weighted by Gasteiger charge is 2.36. The van der Waals surface area contributed by atoms with Gasteiger partial charge in [0, 0.05) is 18.8 Å². The van der Waals surface area contributed by atoms with Crippen LogP contribution >= 0.6 is 0 Å². The molecule has 2 aliphatic rings. The first kappa shape index (κ1) is 19.0. The van der Waals surface area contributed by atoms with Gasteiger partial charge in [-0.3, -0.25) is 9.59 Å². The predicted molar refractivity (Wildman–Crippen MR) is 109 cm³/mol. The normalized spacial score (nSPS) is 16.1. The molecule has 2 aliphatic heterocycles. The first-order chi connectivity index (χ1) is 13.7. The third-order valence-corrected chi connectivity index (χ3v) is 4.85. The van der Waals surface area contributed by atoms with Gasteiger partial charge in [-0.15, -0.1) is 0 Å². The molecule has 0 spiro atoms. The predicted octanol–water partition coefficient (Wildman–Crippen LogP) is 3.65. The summed E-state index contributed by atoms with van der Waals surface area (Å²) in [6.07, 6.45) is -0.390. The second kappa shape index (κ2) is 6.92. The fraction of sp³-hybridized carbons (Fsp3) is 0.318. The summed E-state index contributed by atoms with van der Waals surface area (Å²) in [7, 11) is 0. The summed E-state index contributed by atoms with van der Waals surface area (Å²) in [6.45, 7) is 6.89. The zero-order chi connectivity index (χ0) is 20.8. The highest BCUT2D eigenvalue weighted by Crippen LogP contribution is 2.32. The van der Waals surface area contributed by atoms with Crippen LogP contribution in [0.1, 0.15) is 47.1 Å². The van der Waals surface area contributed by atoms with Crippen molar-refractivity contribution in [3.8, 4) is 0 Å². The number of carbonyl (C=O) groups excluding carboxylic acids is 3. The van der Waals surface area contributed by atoms with Crippen molar-refractivity contribution in [2.75, 3.05) is 23.3 Å². The molecule has 0 aromatic heterocycles. The van der Waals surface area contributed by atoms with E-state index in [2.05, 4.69) is 5.32 Å². The lowest BCUT2D eigenvalue weighted by molar-refractivity contribution is 0.0244. The Hall–Kier alpha value is -3.35. The van der Waals surface area contributed by atoms with Crippen LogP contribution in [0.5, 0.6) is 0 Å². The third kappa shape index (κ3) is 3.55. The van der Waals surface area contributed by atoms with Gasteiger partial charge in [0.05, 0.1) is 23.4 Å². The van der Waals surface area contributed by atoms with Crippen molar-refractivity contribution in [2.24, 2.45) is 0 Å². The van der Waals surface area contributed by atoms with E-state index in [1.165, 1.54) is 4.90 Å². The quantitative estimate of drug-likeness (QED) is 0.748. The number of amides is 3. The molecule has 2 aromatic rings. The van der Waals surface area contributed by atoms with E-state index < -0.39 is 11.7 Å². The summed E-state index contributed by atoms with van der Waals surface area (Å²) in [5, 5.41) is 3.29. The smallest absolute Gasteiger partial charge is 0.410 e. The van der Waals surface area contributed by atoms with Crippen LogP contribution in [0, 0.1) is 0 Å². The first-order valence-electron chi connectivity index (χ1n) is 9.57. The summed E-state index contributed by atoms with van der Waals surface area (Å²) >= 11 is 0. The average molecular weight is 393 g/mol. The first-order valence-corrected chi connectivity index (χ1v) is 9.57. The number of nitrogens with one attached hydrogen (secondary N) is 1. The van der Waals surface area contributed by atoms with Crippen LogP contribution in [-0.2, 0) is 11.3 Å². The Kier molecular flexibility index (Phi) is 4.53. The molecule has 0 radical (unpaired) electrons. The zero-order valence-electron chi connectivity index (χ0n) is 16.7. The van der Waals surface area contributed by atoms with Gasteiger partial charge >= 0.3 is 6.09 Å². The summed E-state index contributed by atoms with van der Waals surface area (Å²) in [5.41, 5.74) is 2.41. The number of ether oxygens (including phenoxy) is 1. The molecule has 0 aliphatic carbocycles. The summed E-state index contributed by atoms with van der Waals surface area (Å²) in [5.74, 6) is -0.674. The largest absolute Gasteiger partial charge is 0.444 e. The molecule has 7 nitrogen and oxygen atoms in total. The zero-order valence-corrected chi connectivity index (χ0v) is 16.7. The number of imide groups is 1. The number of rotatable bonds is 1. The monoisotopic (exact) mass is 393 g/mol. The van der Waals surface area contributed by atoms with Crippen molar-refractivity contribution >= 4 is 29.3 Å². The maximum Gasteiger partial charge on any atom is 0.410 e. The molecule has 0 bridgehead atoms. The van der Waals surface area contributed by atoms with Gasteiger partial charge < -0.3 is 15.0 Å². The van der Waals surface area contributed by atoms with Gasteiger partial charge in [0.1, 0.15) is 5.60 Å². The van der Waals surface area contributed by atoms with Gasteiger partial charge in [-0.05, 0) is 56.7 Å². The van der Waals surface area contributed by atoms with Crippen LogP contribution in [0.4, 0.5) is 16.2 Å². The van der Waals surface area contributed by atoms with Crippen LogP contribution in [-0.4, -0.2) is 41.5 Å². The molecular weight excluding hydrogens is 370 g/mol. The fourth-order valence-electron chi connectivity index (χ4n) is 3.54. The number of fused-ring (bicyclic) bond motifs is 2. The van der Waals surface area contributed by atoms with Crippen LogP contribution < -0.4 is 10.2 Å². The van der Waals surface area contributed by atoms with E-state index in [9.17, 15) is 14.4 Å². The Labute approximate surface area is 169 Å². The lowest BCUT2D eigenvalue weighted by Gasteiger charge is -2.26. The molecular formula is C22H23N3O4. The van der Waals surface area contributed by atoms with Crippen LogP contribution in [0.25, 0.3) is 0 Å². The Morgan fingerprint density at radius 1 is 1.03 bits per heavy atom. The third-order valence-electron chi connectivity index (χ3n) is 4.85. The van der Waals surface area contributed by atoms with E-state index in [1.807, 2.05) is 26.8 Å². The van der Waals surface area contributed by atoms with Crippen molar-refractivity contribution in [2.45, 2.75) is 32.9 Å². The molecule has 29 heavy (non-hydrogen) atoms. The Morgan fingerprint density at radius 3 is 2.31 bits per heavy atom. The summed E-state index contributed by atoms with van der Waals surface area (Å²) in [4.78, 5) is 40.9. The van der Waals surface area contributed by atoms with E-state index in [-0.39, 0.29) is 11.8 Å². The van der Waals surface area contributed by atoms with Gasteiger partial charge in [0.2, 0.25) is 0 Å². The van der Waals surface area contributed by atoms with E-state index in [1.54, 1.807) is 41.3 Å². The molecule has 0 fully saturated rings. The molecule has 7 heteroatoms. The molecule has 2 aromatic carbocycles. The molecule has 0 saturated heterocycles. The molecule has 3 amide bonds. The summed E-state index contributed by atoms with van der Waals surface area (Å²) < 4.78 is 5.49. The number of anilines is 2. The second-order valence-corrected chi connectivity index (χ2v) is 8.16. The van der Waals surface area contributed by atoms with Gasteiger partial charge in [0.25, 0.3) is 11.8 Å². The van der Waals surface area contributed by atoms with Gasteiger partial charge in [-0.25, -0.2) is 9.69 Å². The fourth-order valence-corrected chi connectivity index (χ4v) is 3.54. The van der Waals surface area contributed by atoms with Crippen molar-refractivity contribution < 1.29 is 19.1 Å².